The highest BCUT2D eigenvalue weighted by molar-refractivity contribution is 9.11. The second-order valence-electron chi connectivity index (χ2n) is 4.83. The fraction of sp³-hybridized carbons (Fsp3) is 0.312. The molecule has 0 atom stereocenters. The second kappa shape index (κ2) is 8.86. The lowest BCUT2D eigenvalue weighted by atomic mass is 10.2. The molecule has 2 amide bonds. The van der Waals surface area contributed by atoms with E-state index >= 15 is 0 Å². The molecular formula is C16H15Br2NO5S. The fourth-order valence-corrected chi connectivity index (χ4v) is 4.41. The standard InChI is InChI=1S/C16H15Br2NO5S/c1-3-19-15(21)12(25-16(19)22)7-9-5-10(17)14(11(18)6-9)24-8-13(20)23-4-2/h5-7H,3-4,8H2,1-2H3/b12-7+. The molecule has 0 saturated carbocycles. The van der Waals surface area contributed by atoms with Gasteiger partial charge in [0.15, 0.2) is 6.61 Å². The number of hydrogen-bond donors (Lipinski definition) is 0. The van der Waals surface area contributed by atoms with Crippen molar-refractivity contribution in [2.75, 3.05) is 19.8 Å². The monoisotopic (exact) mass is 491 g/mol. The van der Waals surface area contributed by atoms with Gasteiger partial charge >= 0.3 is 5.97 Å². The first-order valence-corrected chi connectivity index (χ1v) is 9.80. The third-order valence-corrected chi connectivity index (χ3v) is 5.23. The van der Waals surface area contributed by atoms with Gasteiger partial charge in [0.1, 0.15) is 5.75 Å². The number of likely N-dealkylation sites (N-methyl/N-ethyl adjacent to an activating group) is 1. The van der Waals surface area contributed by atoms with Gasteiger partial charge in [-0.15, -0.1) is 0 Å². The predicted molar refractivity (Wildman–Crippen MR) is 102 cm³/mol. The van der Waals surface area contributed by atoms with Crippen molar-refractivity contribution in [1.29, 1.82) is 0 Å². The van der Waals surface area contributed by atoms with Crippen molar-refractivity contribution in [3.05, 3.63) is 31.5 Å². The van der Waals surface area contributed by atoms with Crippen molar-refractivity contribution in [2.45, 2.75) is 13.8 Å². The molecule has 0 aromatic heterocycles. The van der Waals surface area contributed by atoms with Crippen molar-refractivity contribution >= 4 is 66.8 Å². The van der Waals surface area contributed by atoms with E-state index in [1.807, 2.05) is 0 Å². The summed E-state index contributed by atoms with van der Waals surface area (Å²) in [6, 6.07) is 3.48. The number of carbonyl (C=O) groups is 3. The highest BCUT2D eigenvalue weighted by Gasteiger charge is 2.33. The second-order valence-corrected chi connectivity index (χ2v) is 7.54. The van der Waals surface area contributed by atoms with Gasteiger partial charge in [0.25, 0.3) is 11.1 Å². The number of esters is 1. The summed E-state index contributed by atoms with van der Waals surface area (Å²) in [5.74, 6) is -0.308. The van der Waals surface area contributed by atoms with Gasteiger partial charge in [0, 0.05) is 6.54 Å². The van der Waals surface area contributed by atoms with E-state index in [1.54, 1.807) is 32.1 Å². The maximum atomic E-state index is 12.1. The smallest absolute Gasteiger partial charge is 0.344 e. The Hall–Kier alpha value is -1.32. The molecule has 1 aromatic rings. The summed E-state index contributed by atoms with van der Waals surface area (Å²) in [4.78, 5) is 36.9. The minimum Gasteiger partial charge on any atom is -0.480 e. The van der Waals surface area contributed by atoms with E-state index in [2.05, 4.69) is 31.9 Å². The SMILES string of the molecule is CCOC(=O)COc1c(Br)cc(/C=C2/SC(=O)N(CC)C2=O)cc1Br. The quantitative estimate of drug-likeness (QED) is 0.437. The van der Waals surface area contributed by atoms with Gasteiger partial charge < -0.3 is 9.47 Å². The summed E-state index contributed by atoms with van der Waals surface area (Å²) in [7, 11) is 0. The highest BCUT2D eigenvalue weighted by Crippen LogP contribution is 2.37. The first-order valence-electron chi connectivity index (χ1n) is 7.40. The van der Waals surface area contributed by atoms with Crippen LogP contribution in [0.15, 0.2) is 26.0 Å². The number of benzene rings is 1. The number of amides is 2. The van der Waals surface area contributed by atoms with Crippen LogP contribution in [0.3, 0.4) is 0 Å². The molecule has 0 spiro atoms. The molecule has 0 unspecified atom stereocenters. The summed E-state index contributed by atoms with van der Waals surface area (Å²) in [5, 5.41) is -0.272. The number of ether oxygens (including phenoxy) is 2. The fourth-order valence-electron chi connectivity index (χ4n) is 2.06. The average Bonchev–Trinajstić information content (AvgIpc) is 2.80. The normalized spacial score (nSPS) is 15.8. The van der Waals surface area contributed by atoms with Crippen molar-refractivity contribution in [2.24, 2.45) is 0 Å². The van der Waals surface area contributed by atoms with Gasteiger partial charge in [-0.25, -0.2) is 4.79 Å². The lowest BCUT2D eigenvalue weighted by molar-refractivity contribution is -0.145. The van der Waals surface area contributed by atoms with E-state index < -0.39 is 5.97 Å². The maximum absolute atomic E-state index is 12.1. The molecule has 1 aliphatic rings. The highest BCUT2D eigenvalue weighted by atomic mass is 79.9. The zero-order valence-electron chi connectivity index (χ0n) is 13.5. The maximum Gasteiger partial charge on any atom is 0.344 e. The Morgan fingerprint density at radius 1 is 1.24 bits per heavy atom. The number of halogens is 2. The molecule has 6 nitrogen and oxygen atoms in total. The number of carbonyl (C=O) groups excluding carboxylic acids is 3. The van der Waals surface area contributed by atoms with Crippen LogP contribution in [-0.2, 0) is 14.3 Å². The minimum atomic E-state index is -0.460. The van der Waals surface area contributed by atoms with Crippen molar-refractivity contribution < 1.29 is 23.9 Å². The molecule has 1 fully saturated rings. The zero-order chi connectivity index (χ0) is 18.6. The average molecular weight is 493 g/mol. The molecule has 1 aliphatic heterocycles. The Morgan fingerprint density at radius 3 is 2.40 bits per heavy atom. The minimum absolute atomic E-state index is 0.209. The van der Waals surface area contributed by atoms with E-state index in [-0.39, 0.29) is 24.4 Å². The van der Waals surface area contributed by atoms with Crippen molar-refractivity contribution in [1.82, 2.24) is 4.90 Å². The van der Waals surface area contributed by atoms with Crippen LogP contribution in [0.2, 0.25) is 0 Å². The molecule has 0 bridgehead atoms. The summed E-state index contributed by atoms with van der Waals surface area (Å²) in [6.07, 6.45) is 1.64. The first kappa shape index (κ1) is 20.0. The Bertz CT molecular complexity index is 727. The molecule has 1 heterocycles. The molecule has 0 radical (unpaired) electrons. The number of imide groups is 1. The number of hydrogen-bond acceptors (Lipinski definition) is 6. The Kier molecular flexibility index (Phi) is 7.09. The molecule has 134 valence electrons. The Morgan fingerprint density at radius 2 is 1.88 bits per heavy atom. The third kappa shape index (κ3) is 4.86. The summed E-state index contributed by atoms with van der Waals surface area (Å²) >= 11 is 7.68. The van der Waals surface area contributed by atoms with E-state index in [4.69, 9.17) is 9.47 Å². The number of rotatable bonds is 6. The largest absolute Gasteiger partial charge is 0.480 e. The van der Waals surface area contributed by atoms with E-state index in [0.29, 0.717) is 31.7 Å². The third-order valence-electron chi connectivity index (χ3n) is 3.15. The van der Waals surface area contributed by atoms with Gasteiger partial charge in [0.05, 0.1) is 20.5 Å². The number of nitrogens with zero attached hydrogens (tertiary/aromatic N) is 1. The van der Waals surface area contributed by atoms with Crippen LogP contribution in [0.25, 0.3) is 6.08 Å². The zero-order valence-corrected chi connectivity index (χ0v) is 17.5. The van der Waals surface area contributed by atoms with Crippen molar-refractivity contribution in [3.63, 3.8) is 0 Å². The molecule has 2 rings (SSSR count). The van der Waals surface area contributed by atoms with Crippen LogP contribution in [0.1, 0.15) is 19.4 Å². The van der Waals surface area contributed by atoms with Gasteiger partial charge in [-0.05, 0) is 81.2 Å². The Labute approximate surface area is 166 Å². The van der Waals surface area contributed by atoms with Crippen LogP contribution in [-0.4, -0.2) is 41.8 Å². The molecule has 0 N–H and O–H groups in total. The molecule has 1 saturated heterocycles. The van der Waals surface area contributed by atoms with E-state index in [0.717, 1.165) is 11.8 Å². The van der Waals surface area contributed by atoms with Crippen LogP contribution >= 0.6 is 43.6 Å². The topological polar surface area (TPSA) is 72.9 Å². The van der Waals surface area contributed by atoms with E-state index in [1.165, 1.54) is 4.90 Å². The van der Waals surface area contributed by atoms with Crippen LogP contribution in [0, 0.1) is 0 Å². The van der Waals surface area contributed by atoms with Crippen LogP contribution < -0.4 is 4.74 Å². The predicted octanol–water partition coefficient (Wildman–Crippen LogP) is 4.21. The molecular weight excluding hydrogens is 478 g/mol. The van der Waals surface area contributed by atoms with Gasteiger partial charge in [-0.3, -0.25) is 14.5 Å². The van der Waals surface area contributed by atoms with Gasteiger partial charge in [0.2, 0.25) is 0 Å². The molecule has 25 heavy (non-hydrogen) atoms. The molecule has 1 aromatic carbocycles. The molecule has 0 aliphatic carbocycles. The summed E-state index contributed by atoms with van der Waals surface area (Å²) in [6.45, 7) is 3.90. The summed E-state index contributed by atoms with van der Waals surface area (Å²) in [5.41, 5.74) is 0.712. The lowest BCUT2D eigenvalue weighted by Gasteiger charge is -2.11. The number of thioether (sulfide) groups is 1. The first-order chi connectivity index (χ1) is 11.9. The summed E-state index contributed by atoms with van der Waals surface area (Å²) < 4.78 is 11.5. The van der Waals surface area contributed by atoms with Gasteiger partial charge in [-0.2, -0.15) is 0 Å². The lowest BCUT2D eigenvalue weighted by Crippen LogP contribution is -2.27. The van der Waals surface area contributed by atoms with Crippen LogP contribution in [0.5, 0.6) is 5.75 Å². The van der Waals surface area contributed by atoms with E-state index in [9.17, 15) is 14.4 Å². The Balaban J connectivity index is 2.20. The van der Waals surface area contributed by atoms with Crippen molar-refractivity contribution in [3.8, 4) is 5.75 Å². The van der Waals surface area contributed by atoms with Gasteiger partial charge in [-0.1, -0.05) is 0 Å². The molecule has 9 heteroatoms. The van der Waals surface area contributed by atoms with Crippen LogP contribution in [0.4, 0.5) is 4.79 Å².